The number of likely N-dealkylation sites (tertiary alicyclic amines) is 1. The van der Waals surface area contributed by atoms with Crippen LogP contribution in [0.15, 0.2) is 29.1 Å². The summed E-state index contributed by atoms with van der Waals surface area (Å²) in [4.78, 5) is 39.5. The van der Waals surface area contributed by atoms with Crippen LogP contribution in [0.1, 0.15) is 23.2 Å². The summed E-state index contributed by atoms with van der Waals surface area (Å²) in [5.41, 5.74) is -0.0966. The zero-order valence-corrected chi connectivity index (χ0v) is 12.2. The number of amides is 1. The van der Waals surface area contributed by atoms with E-state index in [-0.39, 0.29) is 17.6 Å². The van der Waals surface area contributed by atoms with Gasteiger partial charge in [-0.3, -0.25) is 14.4 Å². The Balaban J connectivity index is 2.00. The first-order valence-electron chi connectivity index (χ1n) is 7.30. The van der Waals surface area contributed by atoms with E-state index in [4.69, 9.17) is 5.11 Å². The number of carboxylic acids is 1. The van der Waals surface area contributed by atoms with E-state index in [1.54, 1.807) is 0 Å². The largest absolute Gasteiger partial charge is 0.481 e. The average Bonchev–Trinajstić information content (AvgIpc) is 2.53. The standard InChI is InChI=1S/C16H15FN2O4/c17-10-3-4-11-12(7-14(20)18-13(11)6-10)15(21)19-5-1-2-9(8-19)16(22)23/h3-4,6-7,9H,1-2,5,8H2,(H,18,20)(H,22,23). The van der Waals surface area contributed by atoms with Gasteiger partial charge in [0, 0.05) is 24.5 Å². The van der Waals surface area contributed by atoms with Crippen LogP contribution in [0, 0.1) is 11.7 Å². The topological polar surface area (TPSA) is 90.5 Å². The monoisotopic (exact) mass is 318 g/mol. The molecule has 0 radical (unpaired) electrons. The average molecular weight is 318 g/mol. The molecule has 0 aliphatic carbocycles. The van der Waals surface area contributed by atoms with Gasteiger partial charge in [0.15, 0.2) is 0 Å². The molecule has 7 heteroatoms. The molecule has 1 atom stereocenters. The van der Waals surface area contributed by atoms with Gasteiger partial charge in [0.05, 0.1) is 17.0 Å². The van der Waals surface area contributed by atoms with Crippen molar-refractivity contribution < 1.29 is 19.1 Å². The lowest BCUT2D eigenvalue weighted by atomic mass is 9.97. The molecule has 1 aliphatic rings. The fraction of sp³-hybridized carbons (Fsp3) is 0.312. The van der Waals surface area contributed by atoms with E-state index in [0.717, 1.165) is 6.07 Å². The van der Waals surface area contributed by atoms with Crippen LogP contribution in [0.5, 0.6) is 0 Å². The van der Waals surface area contributed by atoms with Crippen molar-refractivity contribution in [1.82, 2.24) is 9.88 Å². The van der Waals surface area contributed by atoms with E-state index in [1.165, 1.54) is 23.1 Å². The van der Waals surface area contributed by atoms with Gasteiger partial charge in [0.25, 0.3) is 5.91 Å². The number of carbonyl (C=O) groups is 2. The number of H-pyrrole nitrogens is 1. The summed E-state index contributed by atoms with van der Waals surface area (Å²) in [5.74, 6) is -2.45. The van der Waals surface area contributed by atoms with Crippen molar-refractivity contribution in [3.63, 3.8) is 0 Å². The minimum Gasteiger partial charge on any atom is -0.481 e. The van der Waals surface area contributed by atoms with Crippen molar-refractivity contribution in [1.29, 1.82) is 0 Å². The first-order valence-corrected chi connectivity index (χ1v) is 7.30. The number of fused-ring (bicyclic) bond motifs is 1. The lowest BCUT2D eigenvalue weighted by molar-refractivity contribution is -0.143. The van der Waals surface area contributed by atoms with Crippen LogP contribution in [0.4, 0.5) is 4.39 Å². The van der Waals surface area contributed by atoms with Gasteiger partial charge in [-0.15, -0.1) is 0 Å². The van der Waals surface area contributed by atoms with Crippen LogP contribution in [-0.2, 0) is 4.79 Å². The van der Waals surface area contributed by atoms with Crippen LogP contribution in [0.25, 0.3) is 10.9 Å². The van der Waals surface area contributed by atoms with Crippen molar-refractivity contribution in [2.24, 2.45) is 5.92 Å². The van der Waals surface area contributed by atoms with Gasteiger partial charge in [-0.2, -0.15) is 0 Å². The number of hydrogen-bond donors (Lipinski definition) is 2. The second-order valence-corrected chi connectivity index (χ2v) is 5.67. The van der Waals surface area contributed by atoms with E-state index in [1.807, 2.05) is 0 Å². The smallest absolute Gasteiger partial charge is 0.308 e. The molecule has 1 aliphatic heterocycles. The Hall–Kier alpha value is -2.70. The summed E-state index contributed by atoms with van der Waals surface area (Å²) in [6.07, 6.45) is 1.12. The predicted molar refractivity (Wildman–Crippen MR) is 80.8 cm³/mol. The van der Waals surface area contributed by atoms with Crippen LogP contribution < -0.4 is 5.56 Å². The first kappa shape index (κ1) is 15.2. The normalized spacial score (nSPS) is 18.1. The molecule has 23 heavy (non-hydrogen) atoms. The molecule has 0 spiro atoms. The second kappa shape index (κ2) is 5.83. The third kappa shape index (κ3) is 2.94. The van der Waals surface area contributed by atoms with Gasteiger partial charge in [0.1, 0.15) is 5.82 Å². The Kier molecular flexibility index (Phi) is 3.85. The number of pyridine rings is 1. The maximum atomic E-state index is 13.3. The summed E-state index contributed by atoms with van der Waals surface area (Å²) in [6, 6.07) is 4.98. The summed E-state index contributed by atoms with van der Waals surface area (Å²) >= 11 is 0. The van der Waals surface area contributed by atoms with Crippen molar-refractivity contribution in [3.8, 4) is 0 Å². The fourth-order valence-corrected chi connectivity index (χ4v) is 2.94. The molecule has 0 bridgehead atoms. The number of hydrogen-bond acceptors (Lipinski definition) is 3. The summed E-state index contributed by atoms with van der Waals surface area (Å²) in [7, 11) is 0. The van der Waals surface area contributed by atoms with Gasteiger partial charge in [-0.25, -0.2) is 4.39 Å². The Morgan fingerprint density at radius 1 is 1.30 bits per heavy atom. The molecule has 1 unspecified atom stereocenters. The van der Waals surface area contributed by atoms with Gasteiger partial charge in [-0.1, -0.05) is 0 Å². The number of carbonyl (C=O) groups excluding carboxylic acids is 1. The number of benzene rings is 1. The number of piperidine rings is 1. The van der Waals surface area contributed by atoms with Crippen LogP contribution >= 0.6 is 0 Å². The van der Waals surface area contributed by atoms with Crippen LogP contribution in [0.3, 0.4) is 0 Å². The molecule has 120 valence electrons. The molecule has 2 aromatic rings. The molecule has 6 nitrogen and oxygen atoms in total. The quantitative estimate of drug-likeness (QED) is 0.880. The maximum absolute atomic E-state index is 13.3. The maximum Gasteiger partial charge on any atom is 0.308 e. The summed E-state index contributed by atoms with van der Waals surface area (Å²) in [5, 5.41) is 9.56. The highest BCUT2D eigenvalue weighted by molar-refractivity contribution is 6.06. The number of nitrogens with one attached hydrogen (secondary N) is 1. The Bertz CT molecular complexity index is 846. The van der Waals surface area contributed by atoms with Crippen LogP contribution in [0.2, 0.25) is 0 Å². The van der Waals surface area contributed by atoms with E-state index in [2.05, 4.69) is 4.98 Å². The van der Waals surface area contributed by atoms with E-state index in [9.17, 15) is 18.8 Å². The molecule has 1 fully saturated rings. The van der Waals surface area contributed by atoms with E-state index < -0.39 is 29.2 Å². The molecule has 1 saturated heterocycles. The molecule has 2 N–H and O–H groups in total. The number of aromatic amines is 1. The van der Waals surface area contributed by atoms with E-state index >= 15 is 0 Å². The number of rotatable bonds is 2. The molecule has 1 aromatic carbocycles. The third-order valence-corrected chi connectivity index (χ3v) is 4.09. The first-order chi connectivity index (χ1) is 11.0. The Morgan fingerprint density at radius 3 is 2.83 bits per heavy atom. The minimum atomic E-state index is -0.930. The number of halogens is 1. The number of nitrogens with zero attached hydrogens (tertiary/aromatic N) is 1. The molecule has 2 heterocycles. The molecular weight excluding hydrogens is 303 g/mol. The highest BCUT2D eigenvalue weighted by atomic mass is 19.1. The zero-order valence-electron chi connectivity index (χ0n) is 12.2. The number of aliphatic carboxylic acids is 1. The Labute approximate surface area is 130 Å². The molecule has 1 amide bonds. The molecular formula is C16H15FN2O4. The van der Waals surface area contributed by atoms with Crippen LogP contribution in [-0.4, -0.2) is 40.0 Å². The highest BCUT2D eigenvalue weighted by Crippen LogP contribution is 2.22. The number of aromatic nitrogens is 1. The molecule has 1 aromatic heterocycles. The van der Waals surface area contributed by atoms with Gasteiger partial charge < -0.3 is 15.0 Å². The van der Waals surface area contributed by atoms with Crippen molar-refractivity contribution in [2.75, 3.05) is 13.1 Å². The zero-order chi connectivity index (χ0) is 16.6. The lowest BCUT2D eigenvalue weighted by Gasteiger charge is -2.31. The Morgan fingerprint density at radius 2 is 2.09 bits per heavy atom. The van der Waals surface area contributed by atoms with Gasteiger partial charge in [0.2, 0.25) is 5.56 Å². The third-order valence-electron chi connectivity index (χ3n) is 4.09. The number of carboxylic acid groups (broad SMARTS) is 1. The highest BCUT2D eigenvalue weighted by Gasteiger charge is 2.29. The molecule has 3 rings (SSSR count). The second-order valence-electron chi connectivity index (χ2n) is 5.67. The lowest BCUT2D eigenvalue weighted by Crippen LogP contribution is -2.42. The van der Waals surface area contributed by atoms with Crippen molar-refractivity contribution in [2.45, 2.75) is 12.8 Å². The fourth-order valence-electron chi connectivity index (χ4n) is 2.94. The summed E-state index contributed by atoms with van der Waals surface area (Å²) < 4.78 is 13.3. The van der Waals surface area contributed by atoms with Crippen molar-refractivity contribution in [3.05, 3.63) is 46.0 Å². The van der Waals surface area contributed by atoms with Gasteiger partial charge >= 0.3 is 5.97 Å². The summed E-state index contributed by atoms with van der Waals surface area (Å²) in [6.45, 7) is 0.557. The SMILES string of the molecule is O=C(O)C1CCCN(C(=O)c2cc(=O)[nH]c3cc(F)ccc23)C1. The molecule has 0 saturated carbocycles. The van der Waals surface area contributed by atoms with Crippen molar-refractivity contribution >= 4 is 22.8 Å². The van der Waals surface area contributed by atoms with E-state index in [0.29, 0.717) is 24.8 Å². The minimum absolute atomic E-state index is 0.115. The predicted octanol–water partition coefficient (Wildman–Crippen LogP) is 1.60. The van der Waals surface area contributed by atoms with Gasteiger partial charge in [-0.05, 0) is 31.0 Å².